The summed E-state index contributed by atoms with van der Waals surface area (Å²) in [5, 5.41) is 0. The average Bonchev–Trinajstić information content (AvgIpc) is 2.95. The highest BCUT2D eigenvalue weighted by Crippen LogP contribution is 2.40. The minimum Gasteiger partial charge on any atom is -0.300 e. The van der Waals surface area contributed by atoms with Gasteiger partial charge >= 0.3 is 0 Å². The van der Waals surface area contributed by atoms with Crippen molar-refractivity contribution in [3.8, 4) is 0 Å². The maximum absolute atomic E-state index is 13.9. The Balaban J connectivity index is 1.84. The smallest absolute Gasteiger partial charge is 0.163 e. The van der Waals surface area contributed by atoms with Crippen molar-refractivity contribution in [3.63, 3.8) is 0 Å². The quantitative estimate of drug-likeness (QED) is 0.170. The summed E-state index contributed by atoms with van der Waals surface area (Å²) in [4.78, 5) is 52.1. The van der Waals surface area contributed by atoms with Gasteiger partial charge in [-0.3, -0.25) is 19.2 Å². The van der Waals surface area contributed by atoms with Gasteiger partial charge in [0.1, 0.15) is 17.3 Å². The summed E-state index contributed by atoms with van der Waals surface area (Å²) >= 11 is 0. The minimum absolute atomic E-state index is 0.0112. The number of fused-ring (bicyclic) bond motifs is 1. The van der Waals surface area contributed by atoms with E-state index in [0.717, 1.165) is 55.2 Å². The van der Waals surface area contributed by atoms with Crippen molar-refractivity contribution in [1.29, 1.82) is 0 Å². The molecule has 4 nitrogen and oxygen atoms in total. The van der Waals surface area contributed by atoms with E-state index in [1.807, 2.05) is 25.1 Å². The monoisotopic (exact) mass is 600 g/mol. The maximum atomic E-state index is 13.9. The van der Waals surface area contributed by atoms with E-state index in [9.17, 15) is 19.2 Å². The normalized spacial score (nSPS) is 17.0. The molecular formula is C40H56O4. The van der Waals surface area contributed by atoms with Gasteiger partial charge in [-0.05, 0) is 97.4 Å². The lowest BCUT2D eigenvalue weighted by Gasteiger charge is -2.33. The number of hydrogen-bond donors (Lipinski definition) is 0. The number of Topliss-reactive ketones (excluding diaryl/α,β-unsaturated/α-hetero) is 4. The Kier molecular flexibility index (Phi) is 13.3. The lowest BCUT2D eigenvalue weighted by atomic mass is 9.70. The Morgan fingerprint density at radius 1 is 0.932 bits per heavy atom. The van der Waals surface area contributed by atoms with Crippen LogP contribution in [-0.4, -0.2) is 23.1 Å². The number of carbonyl (C=O) groups is 4. The number of hydrogen-bond acceptors (Lipinski definition) is 4. The van der Waals surface area contributed by atoms with Crippen molar-refractivity contribution in [2.75, 3.05) is 0 Å². The van der Waals surface area contributed by atoms with Crippen LogP contribution in [-0.2, 0) is 33.6 Å². The van der Waals surface area contributed by atoms with Gasteiger partial charge in [-0.25, -0.2) is 0 Å². The molecular weight excluding hydrogens is 544 g/mol. The molecule has 2 aromatic carbocycles. The standard InChI is InChI=1S/C40H56O4/c1-9-14-32(33(10-2)38(43)19-27(7)41)20-30-22-36-34(25(3)4)24-31(28(8)40(36)39(44)23-30)17-18-37(42)35(26(5)6)21-29-15-12-11-13-16-29/h11-13,15-16,24-26,30,32-33,35H,9-10,14,17-23H2,1-8H3. The van der Waals surface area contributed by atoms with Gasteiger partial charge in [0.2, 0.25) is 0 Å². The summed E-state index contributed by atoms with van der Waals surface area (Å²) in [5.41, 5.74) is 6.64. The first-order chi connectivity index (χ1) is 20.9. The van der Waals surface area contributed by atoms with Crippen LogP contribution in [0.2, 0.25) is 0 Å². The number of aryl methyl sites for hydroxylation is 1. The molecule has 0 aliphatic heterocycles. The molecule has 0 N–H and O–H groups in total. The molecule has 0 amide bonds. The zero-order valence-electron chi connectivity index (χ0n) is 28.6. The van der Waals surface area contributed by atoms with Gasteiger partial charge in [-0.15, -0.1) is 0 Å². The fourth-order valence-corrected chi connectivity index (χ4v) is 7.69. The van der Waals surface area contributed by atoms with E-state index < -0.39 is 0 Å². The Bertz CT molecular complexity index is 1300. The Hall–Kier alpha value is -2.88. The van der Waals surface area contributed by atoms with E-state index >= 15 is 0 Å². The van der Waals surface area contributed by atoms with Crippen molar-refractivity contribution in [2.24, 2.45) is 29.6 Å². The van der Waals surface area contributed by atoms with E-state index in [4.69, 9.17) is 0 Å². The van der Waals surface area contributed by atoms with E-state index in [2.05, 4.69) is 59.7 Å². The fraction of sp³-hybridized carbons (Fsp3) is 0.600. The average molecular weight is 601 g/mol. The first kappa shape index (κ1) is 35.6. The highest BCUT2D eigenvalue weighted by Gasteiger charge is 2.35. The Morgan fingerprint density at radius 2 is 1.61 bits per heavy atom. The van der Waals surface area contributed by atoms with Gasteiger partial charge in [0.15, 0.2) is 5.78 Å². The van der Waals surface area contributed by atoms with Crippen molar-refractivity contribution in [1.82, 2.24) is 0 Å². The molecule has 0 saturated carbocycles. The molecule has 0 bridgehead atoms. The van der Waals surface area contributed by atoms with Gasteiger partial charge in [-0.1, -0.05) is 90.8 Å². The minimum atomic E-state index is -0.127. The molecule has 44 heavy (non-hydrogen) atoms. The molecule has 4 unspecified atom stereocenters. The van der Waals surface area contributed by atoms with Gasteiger partial charge < -0.3 is 0 Å². The molecule has 0 radical (unpaired) electrons. The summed E-state index contributed by atoms with van der Waals surface area (Å²) in [6.07, 6.45) is 6.74. The molecule has 0 fully saturated rings. The molecule has 2 aromatic rings. The molecule has 0 spiro atoms. The van der Waals surface area contributed by atoms with E-state index in [1.165, 1.54) is 23.6 Å². The van der Waals surface area contributed by atoms with Gasteiger partial charge in [0.05, 0.1) is 6.42 Å². The highest BCUT2D eigenvalue weighted by atomic mass is 16.1. The topological polar surface area (TPSA) is 68.3 Å². The second kappa shape index (κ2) is 16.4. The lowest BCUT2D eigenvalue weighted by molar-refractivity contribution is -0.130. The summed E-state index contributed by atoms with van der Waals surface area (Å²) < 4.78 is 0. The van der Waals surface area contributed by atoms with E-state index in [-0.39, 0.29) is 59.3 Å². The van der Waals surface area contributed by atoms with Crippen LogP contribution < -0.4 is 0 Å². The van der Waals surface area contributed by atoms with Crippen LogP contribution >= 0.6 is 0 Å². The Morgan fingerprint density at radius 3 is 2.18 bits per heavy atom. The van der Waals surface area contributed by atoms with Crippen molar-refractivity contribution in [3.05, 3.63) is 69.8 Å². The summed E-state index contributed by atoms with van der Waals surface area (Å²) in [5.74, 6) is 1.24. The molecule has 4 heteroatoms. The van der Waals surface area contributed by atoms with Crippen LogP contribution in [0.25, 0.3) is 0 Å². The number of ketones is 4. The zero-order valence-corrected chi connectivity index (χ0v) is 28.6. The van der Waals surface area contributed by atoms with Crippen LogP contribution in [0.5, 0.6) is 0 Å². The summed E-state index contributed by atoms with van der Waals surface area (Å²) in [6.45, 7) is 16.4. The van der Waals surface area contributed by atoms with Crippen LogP contribution in [0.1, 0.15) is 138 Å². The van der Waals surface area contributed by atoms with E-state index in [0.29, 0.717) is 25.0 Å². The van der Waals surface area contributed by atoms with Crippen LogP contribution in [0.15, 0.2) is 36.4 Å². The summed E-state index contributed by atoms with van der Waals surface area (Å²) in [7, 11) is 0. The van der Waals surface area contributed by atoms with Crippen LogP contribution in [0.3, 0.4) is 0 Å². The number of benzene rings is 2. The maximum Gasteiger partial charge on any atom is 0.163 e. The molecule has 1 aliphatic carbocycles. The predicted molar refractivity (Wildman–Crippen MR) is 180 cm³/mol. The zero-order chi connectivity index (χ0) is 32.6. The fourth-order valence-electron chi connectivity index (χ4n) is 7.69. The molecule has 0 saturated heterocycles. The predicted octanol–water partition coefficient (Wildman–Crippen LogP) is 9.26. The molecule has 240 valence electrons. The Labute approximate surface area is 266 Å². The SMILES string of the molecule is CCCC(CC1CC(=O)c2c(C)c(CCC(=O)C(Cc3ccccc3)C(C)C)cc(C(C)C)c2C1)C(CC)C(=O)CC(C)=O. The van der Waals surface area contributed by atoms with Crippen molar-refractivity contribution >= 4 is 23.1 Å². The number of rotatable bonds is 17. The van der Waals surface area contributed by atoms with Gasteiger partial charge in [-0.2, -0.15) is 0 Å². The molecule has 0 aromatic heterocycles. The highest BCUT2D eigenvalue weighted by molar-refractivity contribution is 6.01. The van der Waals surface area contributed by atoms with E-state index in [1.54, 1.807) is 0 Å². The molecule has 1 aliphatic rings. The molecule has 0 heterocycles. The molecule has 3 rings (SSSR count). The third-order valence-corrected chi connectivity index (χ3v) is 10.0. The van der Waals surface area contributed by atoms with Crippen molar-refractivity contribution in [2.45, 2.75) is 126 Å². The largest absolute Gasteiger partial charge is 0.300 e. The van der Waals surface area contributed by atoms with Gasteiger partial charge in [0.25, 0.3) is 0 Å². The third kappa shape index (κ3) is 9.08. The lowest BCUT2D eigenvalue weighted by Crippen LogP contribution is -2.30. The molecule has 4 atom stereocenters. The van der Waals surface area contributed by atoms with Crippen LogP contribution in [0.4, 0.5) is 0 Å². The first-order valence-corrected chi connectivity index (χ1v) is 17.1. The van der Waals surface area contributed by atoms with Crippen molar-refractivity contribution < 1.29 is 19.2 Å². The van der Waals surface area contributed by atoms with Gasteiger partial charge in [0, 0.05) is 30.2 Å². The number of carbonyl (C=O) groups excluding carboxylic acids is 4. The summed E-state index contributed by atoms with van der Waals surface area (Å²) in [6, 6.07) is 12.5. The van der Waals surface area contributed by atoms with Crippen LogP contribution in [0, 0.1) is 36.5 Å². The third-order valence-electron chi connectivity index (χ3n) is 10.0. The first-order valence-electron chi connectivity index (χ1n) is 17.1. The second-order valence-electron chi connectivity index (χ2n) is 14.1. The second-order valence-corrected chi connectivity index (χ2v) is 14.1.